The third kappa shape index (κ3) is 7.09. The molecule has 1 aliphatic rings. The number of likely N-dealkylation sites (tertiary alicyclic amines) is 1. The van der Waals surface area contributed by atoms with Crippen molar-refractivity contribution in [2.45, 2.75) is 45.8 Å². The molecule has 1 unspecified atom stereocenters. The number of rotatable bonds is 10. The van der Waals surface area contributed by atoms with Crippen LogP contribution in [0.4, 0.5) is 5.69 Å². The minimum Gasteiger partial charge on any atom is -0.466 e. The monoisotopic (exact) mass is 438 g/mol. The third-order valence-corrected chi connectivity index (χ3v) is 5.75. The van der Waals surface area contributed by atoms with Crippen LogP contribution < -0.4 is 5.32 Å². The predicted octanol–water partition coefficient (Wildman–Crippen LogP) is 4.05. The molecule has 32 heavy (non-hydrogen) atoms. The zero-order valence-corrected chi connectivity index (χ0v) is 19.1. The van der Waals surface area contributed by atoms with E-state index in [0.29, 0.717) is 45.8 Å². The first kappa shape index (κ1) is 23.8. The van der Waals surface area contributed by atoms with Crippen LogP contribution in [0, 0.1) is 5.92 Å². The van der Waals surface area contributed by atoms with E-state index in [0.717, 1.165) is 17.7 Å². The number of hydrogen-bond acceptors (Lipinski definition) is 5. The topological polar surface area (TPSA) is 67.9 Å². The Morgan fingerprint density at radius 3 is 2.50 bits per heavy atom. The first-order valence-corrected chi connectivity index (χ1v) is 11.5. The van der Waals surface area contributed by atoms with Crippen LogP contribution in [0.3, 0.4) is 0 Å². The molecule has 0 radical (unpaired) electrons. The molecule has 6 nitrogen and oxygen atoms in total. The Hall–Kier alpha value is -2.86. The second kappa shape index (κ2) is 12.2. The number of ether oxygens (including phenoxy) is 2. The molecule has 1 amide bonds. The summed E-state index contributed by atoms with van der Waals surface area (Å²) in [6, 6.07) is 17.9. The average Bonchev–Trinajstić information content (AvgIpc) is 2.82. The fraction of sp³-hybridized carbons (Fsp3) is 0.462. The lowest BCUT2D eigenvalue weighted by atomic mass is 9.96. The first-order valence-electron chi connectivity index (χ1n) is 11.5. The number of carbonyl (C=O) groups excluding carboxylic acids is 2. The third-order valence-electron chi connectivity index (χ3n) is 5.75. The maximum atomic E-state index is 12.9. The van der Waals surface area contributed by atoms with Gasteiger partial charge in [0.1, 0.15) is 6.04 Å². The van der Waals surface area contributed by atoms with Gasteiger partial charge in [0.05, 0.1) is 25.7 Å². The summed E-state index contributed by atoms with van der Waals surface area (Å²) >= 11 is 0. The molecule has 1 fully saturated rings. The van der Waals surface area contributed by atoms with Gasteiger partial charge in [0.15, 0.2) is 0 Å². The Bertz CT molecular complexity index is 863. The number of esters is 1. The smallest absolute Gasteiger partial charge is 0.309 e. The lowest BCUT2D eigenvalue weighted by Gasteiger charge is -2.33. The Kier molecular flexibility index (Phi) is 9.11. The number of piperidine rings is 1. The quantitative estimate of drug-likeness (QED) is 0.448. The van der Waals surface area contributed by atoms with Crippen LogP contribution in [0.15, 0.2) is 54.6 Å². The summed E-state index contributed by atoms with van der Waals surface area (Å²) in [7, 11) is 0. The van der Waals surface area contributed by atoms with Gasteiger partial charge < -0.3 is 19.7 Å². The van der Waals surface area contributed by atoms with Crippen molar-refractivity contribution < 1.29 is 19.1 Å². The molecule has 0 bridgehead atoms. The van der Waals surface area contributed by atoms with Gasteiger partial charge in [-0.15, -0.1) is 0 Å². The zero-order chi connectivity index (χ0) is 22.8. The van der Waals surface area contributed by atoms with Gasteiger partial charge in [0, 0.05) is 18.8 Å². The first-order chi connectivity index (χ1) is 15.6. The zero-order valence-electron chi connectivity index (χ0n) is 19.1. The summed E-state index contributed by atoms with van der Waals surface area (Å²) in [5.41, 5.74) is 3.23. The van der Waals surface area contributed by atoms with Crippen LogP contribution in [0.5, 0.6) is 0 Å². The summed E-state index contributed by atoms with van der Waals surface area (Å²) in [6.07, 6.45) is 2.21. The van der Waals surface area contributed by atoms with Crippen LogP contribution in [0.2, 0.25) is 0 Å². The molecule has 1 heterocycles. The highest BCUT2D eigenvalue weighted by atomic mass is 16.5. The van der Waals surface area contributed by atoms with Crippen molar-refractivity contribution in [1.82, 2.24) is 4.90 Å². The van der Waals surface area contributed by atoms with Crippen molar-refractivity contribution in [3.63, 3.8) is 0 Å². The molecule has 0 aromatic heterocycles. The standard InChI is InChI=1S/C26H34N2O4/c1-3-32-26(30)23-12-15-28(16-13-23)25(29)20(2)27-24-11-7-10-22(18-24)19-31-17-14-21-8-5-4-6-9-21/h4-11,18,20,23,27H,3,12-17,19H2,1-2H3. The van der Waals surface area contributed by atoms with Gasteiger partial charge in [-0.3, -0.25) is 9.59 Å². The van der Waals surface area contributed by atoms with Crippen molar-refractivity contribution in [3.05, 3.63) is 65.7 Å². The molecule has 3 rings (SSSR count). The largest absolute Gasteiger partial charge is 0.466 e. The predicted molar refractivity (Wildman–Crippen MR) is 125 cm³/mol. The van der Waals surface area contributed by atoms with Crippen molar-refractivity contribution in [1.29, 1.82) is 0 Å². The maximum Gasteiger partial charge on any atom is 0.309 e. The highest BCUT2D eigenvalue weighted by Gasteiger charge is 2.30. The molecular formula is C26H34N2O4. The van der Waals surface area contributed by atoms with Gasteiger partial charge in [0.2, 0.25) is 5.91 Å². The van der Waals surface area contributed by atoms with Gasteiger partial charge in [0.25, 0.3) is 0 Å². The second-order valence-corrected chi connectivity index (χ2v) is 8.21. The van der Waals surface area contributed by atoms with Gasteiger partial charge in [-0.05, 0) is 56.4 Å². The number of anilines is 1. The van der Waals surface area contributed by atoms with E-state index in [1.807, 2.05) is 61.2 Å². The molecule has 2 aromatic rings. The molecule has 1 saturated heterocycles. The summed E-state index contributed by atoms with van der Waals surface area (Å²) < 4.78 is 10.9. The fourth-order valence-corrected chi connectivity index (χ4v) is 3.96. The van der Waals surface area contributed by atoms with Crippen molar-refractivity contribution in [2.75, 3.05) is 31.6 Å². The van der Waals surface area contributed by atoms with Crippen LogP contribution in [-0.2, 0) is 32.1 Å². The maximum absolute atomic E-state index is 12.9. The van der Waals surface area contributed by atoms with Crippen LogP contribution in [0.1, 0.15) is 37.8 Å². The normalized spacial score (nSPS) is 15.2. The van der Waals surface area contributed by atoms with Crippen molar-refractivity contribution in [2.24, 2.45) is 5.92 Å². The molecule has 2 aromatic carbocycles. The van der Waals surface area contributed by atoms with Gasteiger partial charge in [-0.1, -0.05) is 42.5 Å². The van der Waals surface area contributed by atoms with Gasteiger partial charge in [-0.2, -0.15) is 0 Å². The van der Waals surface area contributed by atoms with E-state index in [4.69, 9.17) is 9.47 Å². The molecule has 0 aliphatic carbocycles. The Labute approximate surface area is 190 Å². The summed E-state index contributed by atoms with van der Waals surface area (Å²) in [5.74, 6) is -0.189. The average molecular weight is 439 g/mol. The van der Waals surface area contributed by atoms with E-state index in [9.17, 15) is 9.59 Å². The van der Waals surface area contributed by atoms with E-state index >= 15 is 0 Å². The number of nitrogens with zero attached hydrogens (tertiary/aromatic N) is 1. The van der Waals surface area contributed by atoms with E-state index in [1.54, 1.807) is 0 Å². The van der Waals surface area contributed by atoms with Crippen molar-refractivity contribution >= 4 is 17.6 Å². The number of nitrogens with one attached hydrogen (secondary N) is 1. The Morgan fingerprint density at radius 1 is 1.06 bits per heavy atom. The molecule has 172 valence electrons. The van der Waals surface area contributed by atoms with E-state index in [-0.39, 0.29) is 23.8 Å². The van der Waals surface area contributed by atoms with E-state index in [1.165, 1.54) is 5.56 Å². The fourth-order valence-electron chi connectivity index (χ4n) is 3.96. The summed E-state index contributed by atoms with van der Waals surface area (Å²) in [5, 5.41) is 3.31. The highest BCUT2D eigenvalue weighted by Crippen LogP contribution is 2.20. The minimum atomic E-state index is -0.344. The molecule has 6 heteroatoms. The summed E-state index contributed by atoms with van der Waals surface area (Å²) in [6.45, 7) is 6.46. The van der Waals surface area contributed by atoms with E-state index in [2.05, 4.69) is 17.4 Å². The lowest BCUT2D eigenvalue weighted by molar-refractivity contribution is -0.151. The minimum absolute atomic E-state index is 0.0526. The Morgan fingerprint density at radius 2 is 1.78 bits per heavy atom. The van der Waals surface area contributed by atoms with E-state index < -0.39 is 0 Å². The number of amides is 1. The molecule has 1 aliphatic heterocycles. The molecule has 1 N–H and O–H groups in total. The van der Waals surface area contributed by atoms with Gasteiger partial charge >= 0.3 is 5.97 Å². The van der Waals surface area contributed by atoms with Gasteiger partial charge in [-0.25, -0.2) is 0 Å². The highest BCUT2D eigenvalue weighted by molar-refractivity contribution is 5.84. The van der Waals surface area contributed by atoms with Crippen LogP contribution in [0.25, 0.3) is 0 Å². The molecular weight excluding hydrogens is 404 g/mol. The summed E-state index contributed by atoms with van der Waals surface area (Å²) in [4.78, 5) is 26.6. The van der Waals surface area contributed by atoms with Crippen LogP contribution >= 0.6 is 0 Å². The Balaban J connectivity index is 1.43. The van der Waals surface area contributed by atoms with Crippen molar-refractivity contribution in [3.8, 4) is 0 Å². The SMILES string of the molecule is CCOC(=O)C1CCN(C(=O)C(C)Nc2cccc(COCCc3ccccc3)c2)CC1. The number of hydrogen-bond donors (Lipinski definition) is 1. The molecule has 1 atom stereocenters. The van der Waals surface area contributed by atoms with Crippen LogP contribution in [-0.4, -0.2) is 49.1 Å². The number of carbonyl (C=O) groups is 2. The molecule has 0 spiro atoms. The number of benzene rings is 2. The lowest BCUT2D eigenvalue weighted by Crippen LogP contribution is -2.46. The second-order valence-electron chi connectivity index (χ2n) is 8.21. The molecule has 0 saturated carbocycles.